The topological polar surface area (TPSA) is 120 Å². The summed E-state index contributed by atoms with van der Waals surface area (Å²) in [6.07, 6.45) is 0. The Bertz CT molecular complexity index is 1350. The summed E-state index contributed by atoms with van der Waals surface area (Å²) in [7, 11) is 1.56. The van der Waals surface area contributed by atoms with Gasteiger partial charge in [0.15, 0.2) is 0 Å². The zero-order chi connectivity index (χ0) is 22.8. The lowest BCUT2D eigenvalue weighted by Gasteiger charge is -2.18. The van der Waals surface area contributed by atoms with Crippen molar-refractivity contribution < 1.29 is 14.3 Å². The standard InChI is InChI=1S/C24H19ClN4O3/c1-32-17-4-2-3-16(12-17)28-22-18-11-14(23(26)30)7-10-19(18)29-21(20(22)24(27)31)13-5-8-15(25)9-6-13/h2-12H,1H3,(H2,26,30)(H2,27,31)(H,28,29). The molecule has 0 saturated heterocycles. The van der Waals surface area contributed by atoms with Crippen LogP contribution in [0.15, 0.2) is 66.7 Å². The Labute approximate surface area is 189 Å². The Balaban J connectivity index is 2.04. The first kappa shape index (κ1) is 21.1. The van der Waals surface area contributed by atoms with Crippen molar-refractivity contribution in [1.82, 2.24) is 4.98 Å². The van der Waals surface area contributed by atoms with Crippen LogP contribution >= 0.6 is 11.6 Å². The Kier molecular flexibility index (Phi) is 5.66. The normalized spacial score (nSPS) is 10.7. The maximum atomic E-state index is 12.7. The number of aromatic nitrogens is 1. The smallest absolute Gasteiger partial charge is 0.253 e. The van der Waals surface area contributed by atoms with E-state index in [2.05, 4.69) is 10.3 Å². The minimum Gasteiger partial charge on any atom is -0.497 e. The molecule has 0 atom stereocenters. The average molecular weight is 447 g/mol. The van der Waals surface area contributed by atoms with Gasteiger partial charge >= 0.3 is 0 Å². The van der Waals surface area contributed by atoms with Gasteiger partial charge in [-0.25, -0.2) is 4.98 Å². The van der Waals surface area contributed by atoms with Crippen molar-refractivity contribution in [2.45, 2.75) is 0 Å². The number of amides is 2. The van der Waals surface area contributed by atoms with E-state index in [0.29, 0.717) is 44.3 Å². The number of nitrogens with one attached hydrogen (secondary N) is 1. The highest BCUT2D eigenvalue weighted by Gasteiger charge is 2.22. The van der Waals surface area contributed by atoms with E-state index in [1.807, 2.05) is 12.1 Å². The Hall–Kier alpha value is -4.10. The van der Waals surface area contributed by atoms with E-state index in [1.165, 1.54) is 0 Å². The molecule has 5 N–H and O–H groups in total. The van der Waals surface area contributed by atoms with Crippen LogP contribution in [0.4, 0.5) is 11.4 Å². The second-order valence-electron chi connectivity index (χ2n) is 7.03. The Morgan fingerprint density at radius 3 is 2.38 bits per heavy atom. The highest BCUT2D eigenvalue weighted by Crippen LogP contribution is 2.37. The second kappa shape index (κ2) is 8.56. The summed E-state index contributed by atoms with van der Waals surface area (Å²) in [6, 6.07) is 19.0. The summed E-state index contributed by atoms with van der Waals surface area (Å²) in [5.41, 5.74) is 14.4. The lowest BCUT2D eigenvalue weighted by atomic mass is 9.98. The van der Waals surface area contributed by atoms with Crippen LogP contribution < -0.4 is 21.5 Å². The van der Waals surface area contributed by atoms with Crippen LogP contribution in [0.2, 0.25) is 5.02 Å². The zero-order valence-corrected chi connectivity index (χ0v) is 17.8. The van der Waals surface area contributed by atoms with Crippen LogP contribution in [-0.2, 0) is 0 Å². The predicted molar refractivity (Wildman–Crippen MR) is 126 cm³/mol. The van der Waals surface area contributed by atoms with E-state index >= 15 is 0 Å². The fourth-order valence-electron chi connectivity index (χ4n) is 3.45. The number of benzene rings is 3. The van der Waals surface area contributed by atoms with E-state index in [0.717, 1.165) is 0 Å². The van der Waals surface area contributed by atoms with Crippen molar-refractivity contribution in [2.75, 3.05) is 12.4 Å². The largest absolute Gasteiger partial charge is 0.497 e. The number of methoxy groups -OCH3 is 1. The molecule has 1 aromatic heterocycles. The molecule has 0 saturated carbocycles. The number of carbonyl (C=O) groups is 2. The molecule has 8 heteroatoms. The number of nitrogens with two attached hydrogens (primary N) is 2. The molecule has 32 heavy (non-hydrogen) atoms. The molecule has 4 rings (SSSR count). The van der Waals surface area contributed by atoms with Crippen molar-refractivity contribution in [3.05, 3.63) is 82.9 Å². The fourth-order valence-corrected chi connectivity index (χ4v) is 3.57. The molecule has 0 bridgehead atoms. The minimum atomic E-state index is -0.681. The third-order valence-electron chi connectivity index (χ3n) is 4.97. The number of rotatable bonds is 6. The minimum absolute atomic E-state index is 0.171. The second-order valence-corrected chi connectivity index (χ2v) is 7.47. The molecule has 160 valence electrons. The van der Waals surface area contributed by atoms with Crippen LogP contribution in [0, 0.1) is 0 Å². The number of pyridine rings is 1. The molecule has 1 heterocycles. The summed E-state index contributed by atoms with van der Waals surface area (Å²) in [5, 5.41) is 4.34. The lowest BCUT2D eigenvalue weighted by Crippen LogP contribution is -2.17. The molecule has 0 fully saturated rings. The number of hydrogen-bond acceptors (Lipinski definition) is 5. The van der Waals surface area contributed by atoms with Gasteiger partial charge in [-0.15, -0.1) is 0 Å². The maximum absolute atomic E-state index is 12.7. The van der Waals surface area contributed by atoms with Crippen LogP contribution in [-0.4, -0.2) is 23.9 Å². The van der Waals surface area contributed by atoms with Crippen molar-refractivity contribution in [3.63, 3.8) is 0 Å². The Morgan fingerprint density at radius 2 is 1.72 bits per heavy atom. The number of ether oxygens (including phenoxy) is 1. The molecule has 4 aromatic rings. The molecule has 0 spiro atoms. The van der Waals surface area contributed by atoms with E-state index in [9.17, 15) is 9.59 Å². The molecule has 7 nitrogen and oxygen atoms in total. The molecule has 0 aliphatic heterocycles. The number of primary amides is 2. The third kappa shape index (κ3) is 4.06. The van der Waals surface area contributed by atoms with Crippen molar-refractivity contribution >= 4 is 45.7 Å². The van der Waals surface area contributed by atoms with Crippen LogP contribution in [0.1, 0.15) is 20.7 Å². The highest BCUT2D eigenvalue weighted by atomic mass is 35.5. The van der Waals surface area contributed by atoms with Crippen molar-refractivity contribution in [1.29, 1.82) is 0 Å². The SMILES string of the molecule is COc1cccc(Nc2c(C(N)=O)c(-c3ccc(Cl)cc3)nc3ccc(C(N)=O)cc23)c1. The van der Waals surface area contributed by atoms with Crippen LogP contribution in [0.25, 0.3) is 22.2 Å². The number of carbonyl (C=O) groups excluding carboxylic acids is 2. The number of anilines is 2. The molecule has 3 aromatic carbocycles. The maximum Gasteiger partial charge on any atom is 0.253 e. The van der Waals surface area contributed by atoms with Crippen LogP contribution in [0.3, 0.4) is 0 Å². The van der Waals surface area contributed by atoms with Gasteiger partial charge in [-0.1, -0.05) is 29.8 Å². The average Bonchev–Trinajstić information content (AvgIpc) is 2.78. The molecule has 0 radical (unpaired) electrons. The predicted octanol–water partition coefficient (Wildman–Crippen LogP) is 4.51. The van der Waals surface area contributed by atoms with Crippen LogP contribution in [0.5, 0.6) is 5.75 Å². The number of nitrogens with zero attached hydrogens (tertiary/aromatic N) is 1. The molecular weight excluding hydrogens is 428 g/mol. The van der Waals surface area contributed by atoms with Gasteiger partial charge in [-0.2, -0.15) is 0 Å². The molecule has 0 aliphatic rings. The fraction of sp³-hybridized carbons (Fsp3) is 0.0417. The van der Waals surface area contributed by atoms with Gasteiger partial charge in [0.1, 0.15) is 5.75 Å². The summed E-state index contributed by atoms with van der Waals surface area (Å²) in [5.74, 6) is -0.648. The highest BCUT2D eigenvalue weighted by molar-refractivity contribution is 6.30. The van der Waals surface area contributed by atoms with Gasteiger partial charge in [-0.05, 0) is 42.5 Å². The first-order valence-corrected chi connectivity index (χ1v) is 9.99. The van der Waals surface area contributed by atoms with Gasteiger partial charge in [0, 0.05) is 33.3 Å². The van der Waals surface area contributed by atoms with Crippen molar-refractivity contribution in [3.8, 4) is 17.0 Å². The van der Waals surface area contributed by atoms with Gasteiger partial charge in [0.2, 0.25) is 5.91 Å². The van der Waals surface area contributed by atoms with E-state index in [1.54, 1.807) is 61.7 Å². The zero-order valence-electron chi connectivity index (χ0n) is 17.1. The molecule has 0 unspecified atom stereocenters. The molecule has 2 amide bonds. The quantitative estimate of drug-likeness (QED) is 0.402. The summed E-state index contributed by atoms with van der Waals surface area (Å²) < 4.78 is 5.29. The van der Waals surface area contributed by atoms with Gasteiger partial charge in [-0.3, -0.25) is 9.59 Å². The molecule has 0 aliphatic carbocycles. The summed E-state index contributed by atoms with van der Waals surface area (Å²) >= 11 is 6.03. The summed E-state index contributed by atoms with van der Waals surface area (Å²) in [4.78, 5) is 29.1. The van der Waals surface area contributed by atoms with Gasteiger partial charge < -0.3 is 21.5 Å². The third-order valence-corrected chi connectivity index (χ3v) is 5.22. The van der Waals surface area contributed by atoms with Gasteiger partial charge in [0.25, 0.3) is 5.91 Å². The van der Waals surface area contributed by atoms with E-state index in [-0.39, 0.29) is 11.1 Å². The number of hydrogen-bond donors (Lipinski definition) is 3. The van der Waals surface area contributed by atoms with E-state index < -0.39 is 11.8 Å². The van der Waals surface area contributed by atoms with Gasteiger partial charge in [0.05, 0.1) is 29.6 Å². The van der Waals surface area contributed by atoms with E-state index in [4.69, 9.17) is 27.8 Å². The van der Waals surface area contributed by atoms with Crippen molar-refractivity contribution in [2.24, 2.45) is 11.5 Å². The monoisotopic (exact) mass is 446 g/mol. The first-order valence-electron chi connectivity index (χ1n) is 9.61. The summed E-state index contributed by atoms with van der Waals surface area (Å²) in [6.45, 7) is 0. The number of halogens is 1. The molecular formula is C24H19ClN4O3. The Morgan fingerprint density at radius 1 is 0.969 bits per heavy atom. The lowest BCUT2D eigenvalue weighted by molar-refractivity contribution is 0.0993. The number of fused-ring (bicyclic) bond motifs is 1. The first-order chi connectivity index (χ1) is 15.4.